The van der Waals surface area contributed by atoms with E-state index in [4.69, 9.17) is 9.47 Å². The first-order valence-corrected chi connectivity index (χ1v) is 10.4. The summed E-state index contributed by atoms with van der Waals surface area (Å²) in [5, 5.41) is 11.4. The van der Waals surface area contributed by atoms with Crippen LogP contribution in [0.2, 0.25) is 0 Å². The van der Waals surface area contributed by atoms with Gasteiger partial charge < -0.3 is 14.8 Å². The van der Waals surface area contributed by atoms with Crippen molar-refractivity contribution in [3.05, 3.63) is 48.0 Å². The average Bonchev–Trinajstić information content (AvgIpc) is 3.33. The lowest BCUT2D eigenvalue weighted by Gasteiger charge is -2.19. The Morgan fingerprint density at radius 2 is 2.03 bits per heavy atom. The van der Waals surface area contributed by atoms with Crippen LogP contribution in [0.4, 0.5) is 10.6 Å². The van der Waals surface area contributed by atoms with Crippen LogP contribution in [0.15, 0.2) is 36.8 Å². The van der Waals surface area contributed by atoms with E-state index in [9.17, 15) is 9.59 Å². The molecule has 0 aromatic carbocycles. The van der Waals surface area contributed by atoms with E-state index in [0.717, 1.165) is 23.2 Å². The van der Waals surface area contributed by atoms with Crippen molar-refractivity contribution in [2.45, 2.75) is 51.6 Å². The van der Waals surface area contributed by atoms with Crippen LogP contribution in [0.5, 0.6) is 5.75 Å². The molecule has 168 valence electrons. The molecule has 3 aromatic rings. The summed E-state index contributed by atoms with van der Waals surface area (Å²) < 4.78 is 13.3. The molecular weight excluding hydrogens is 412 g/mol. The van der Waals surface area contributed by atoms with Crippen molar-refractivity contribution in [3.63, 3.8) is 0 Å². The number of ether oxygens (including phenoxy) is 2. The van der Waals surface area contributed by atoms with Gasteiger partial charge in [0.2, 0.25) is 5.91 Å². The van der Waals surface area contributed by atoms with Crippen molar-refractivity contribution in [1.82, 2.24) is 24.5 Å². The maximum atomic E-state index is 12.7. The highest BCUT2D eigenvalue weighted by Gasteiger charge is 2.30. The van der Waals surface area contributed by atoms with E-state index in [1.54, 1.807) is 69.4 Å². The third kappa shape index (κ3) is 5.13. The predicted molar refractivity (Wildman–Crippen MR) is 116 cm³/mol. The zero-order chi connectivity index (χ0) is 22.9. The molecule has 0 radical (unpaired) electrons. The van der Waals surface area contributed by atoms with Crippen molar-refractivity contribution in [2.75, 3.05) is 12.4 Å². The Kier molecular flexibility index (Phi) is 5.68. The maximum Gasteiger partial charge on any atom is 0.437 e. The number of nitrogens with zero attached hydrogens (tertiary/aromatic N) is 5. The van der Waals surface area contributed by atoms with E-state index in [2.05, 4.69) is 20.5 Å². The van der Waals surface area contributed by atoms with Gasteiger partial charge in [-0.1, -0.05) is 0 Å². The topological polar surface area (TPSA) is 113 Å². The first kappa shape index (κ1) is 21.5. The molecule has 10 nitrogen and oxygen atoms in total. The summed E-state index contributed by atoms with van der Waals surface area (Å²) in [6.45, 7) is 5.34. The van der Waals surface area contributed by atoms with Crippen molar-refractivity contribution < 1.29 is 19.1 Å². The number of hydrogen-bond acceptors (Lipinski definition) is 7. The van der Waals surface area contributed by atoms with Gasteiger partial charge in [0.05, 0.1) is 25.4 Å². The van der Waals surface area contributed by atoms with E-state index in [1.807, 2.05) is 0 Å². The van der Waals surface area contributed by atoms with Gasteiger partial charge in [0.25, 0.3) is 0 Å². The number of rotatable bonds is 6. The maximum absolute atomic E-state index is 12.7. The van der Waals surface area contributed by atoms with Crippen LogP contribution in [-0.4, -0.2) is 49.3 Å². The zero-order valence-corrected chi connectivity index (χ0v) is 18.5. The van der Waals surface area contributed by atoms with Gasteiger partial charge in [-0.25, -0.2) is 14.5 Å². The van der Waals surface area contributed by atoms with Gasteiger partial charge in [-0.15, -0.1) is 4.68 Å². The second kappa shape index (κ2) is 8.45. The number of hydrogen-bond donors (Lipinski definition) is 1. The molecule has 4 rings (SSSR count). The number of amides is 1. The molecule has 10 heteroatoms. The molecule has 0 saturated heterocycles. The molecule has 0 bridgehead atoms. The Morgan fingerprint density at radius 1 is 1.25 bits per heavy atom. The fourth-order valence-corrected chi connectivity index (χ4v) is 3.11. The molecule has 1 fully saturated rings. The van der Waals surface area contributed by atoms with Gasteiger partial charge in [0.1, 0.15) is 17.2 Å². The van der Waals surface area contributed by atoms with Crippen LogP contribution in [0.25, 0.3) is 5.82 Å². The van der Waals surface area contributed by atoms with Crippen LogP contribution in [-0.2, 0) is 16.0 Å². The average molecular weight is 438 g/mol. The molecular formula is C22H26N6O4. The number of carbonyl (C=O) groups is 2. The molecule has 1 aliphatic carbocycles. The van der Waals surface area contributed by atoms with E-state index < -0.39 is 11.7 Å². The monoisotopic (exact) mass is 438 g/mol. The minimum absolute atomic E-state index is 0.0717. The molecule has 1 N–H and O–H groups in total. The molecule has 0 spiro atoms. The normalized spacial score (nSPS) is 13.6. The molecule has 3 heterocycles. The summed E-state index contributed by atoms with van der Waals surface area (Å²) in [4.78, 5) is 29.6. The van der Waals surface area contributed by atoms with Crippen LogP contribution in [0.1, 0.15) is 50.8 Å². The molecule has 0 aliphatic heterocycles. The third-order valence-corrected chi connectivity index (χ3v) is 4.75. The summed E-state index contributed by atoms with van der Waals surface area (Å²) in [5.41, 5.74) is 0.799. The van der Waals surface area contributed by atoms with Crippen molar-refractivity contribution in [2.24, 2.45) is 0 Å². The van der Waals surface area contributed by atoms with Gasteiger partial charge in [-0.05, 0) is 45.2 Å². The van der Waals surface area contributed by atoms with Crippen LogP contribution < -0.4 is 10.1 Å². The van der Waals surface area contributed by atoms with E-state index in [0.29, 0.717) is 28.9 Å². The third-order valence-electron chi connectivity index (χ3n) is 4.75. The first-order chi connectivity index (χ1) is 15.2. The minimum Gasteiger partial charge on any atom is -0.497 e. The Hall–Kier alpha value is -3.69. The Bertz CT molecular complexity index is 1140. The van der Waals surface area contributed by atoms with Gasteiger partial charge in [-0.2, -0.15) is 10.2 Å². The minimum atomic E-state index is -0.674. The molecule has 3 aromatic heterocycles. The number of pyridine rings is 1. The number of methoxy groups -OCH3 is 1. The summed E-state index contributed by atoms with van der Waals surface area (Å²) in [5.74, 6) is 1.56. The van der Waals surface area contributed by atoms with Gasteiger partial charge in [0.15, 0.2) is 5.82 Å². The highest BCUT2D eigenvalue weighted by Crippen LogP contribution is 2.40. The molecule has 1 saturated carbocycles. The van der Waals surface area contributed by atoms with Gasteiger partial charge in [0, 0.05) is 30.4 Å². The second-order valence-electron chi connectivity index (χ2n) is 8.69. The number of nitrogens with one attached hydrogen (secondary N) is 1. The van der Waals surface area contributed by atoms with E-state index in [1.165, 1.54) is 0 Å². The van der Waals surface area contributed by atoms with E-state index in [-0.39, 0.29) is 12.3 Å². The predicted octanol–water partition coefficient (Wildman–Crippen LogP) is 3.31. The summed E-state index contributed by atoms with van der Waals surface area (Å²) in [6, 6.07) is 5.23. The smallest absolute Gasteiger partial charge is 0.437 e. The largest absolute Gasteiger partial charge is 0.497 e. The van der Waals surface area contributed by atoms with Crippen LogP contribution >= 0.6 is 0 Å². The van der Waals surface area contributed by atoms with Crippen molar-refractivity contribution >= 4 is 17.8 Å². The zero-order valence-electron chi connectivity index (χ0n) is 18.5. The number of carbonyl (C=O) groups excluding carboxylic acids is 2. The van der Waals surface area contributed by atoms with Crippen molar-refractivity contribution in [3.8, 4) is 11.6 Å². The van der Waals surface area contributed by atoms with Gasteiger partial charge >= 0.3 is 6.09 Å². The molecule has 1 amide bonds. The molecule has 1 aliphatic rings. The Labute approximate surface area is 185 Å². The fraction of sp³-hybridized carbons (Fsp3) is 0.409. The fourth-order valence-electron chi connectivity index (χ4n) is 3.11. The highest BCUT2D eigenvalue weighted by molar-refractivity contribution is 5.93. The number of aromatic nitrogens is 5. The van der Waals surface area contributed by atoms with Crippen molar-refractivity contribution in [1.29, 1.82) is 0 Å². The van der Waals surface area contributed by atoms with Crippen LogP contribution in [0, 0.1) is 0 Å². The lowest BCUT2D eigenvalue weighted by Crippen LogP contribution is -2.29. The summed E-state index contributed by atoms with van der Waals surface area (Å²) >= 11 is 0. The lowest BCUT2D eigenvalue weighted by molar-refractivity contribution is -0.115. The summed E-state index contributed by atoms with van der Waals surface area (Å²) in [6.07, 6.45) is 6.44. The second-order valence-corrected chi connectivity index (χ2v) is 8.69. The Balaban J connectivity index is 1.47. The summed E-state index contributed by atoms with van der Waals surface area (Å²) in [7, 11) is 1.58. The van der Waals surface area contributed by atoms with Gasteiger partial charge in [-0.3, -0.25) is 4.79 Å². The Morgan fingerprint density at radius 3 is 2.72 bits per heavy atom. The first-order valence-electron chi connectivity index (χ1n) is 10.4. The van der Waals surface area contributed by atoms with E-state index >= 15 is 0 Å². The SMILES string of the molecule is COc1ccnc(-n2cc(CC(=O)Nc3cc(C4CC4)nn3C(=O)OC(C)(C)C)cn2)c1. The molecule has 0 atom stereocenters. The number of anilines is 1. The molecule has 0 unspecified atom stereocenters. The quantitative estimate of drug-likeness (QED) is 0.628. The lowest BCUT2D eigenvalue weighted by atomic mass is 10.2. The molecule has 32 heavy (non-hydrogen) atoms. The van der Waals surface area contributed by atoms with Crippen LogP contribution in [0.3, 0.4) is 0 Å². The highest BCUT2D eigenvalue weighted by atomic mass is 16.6. The standard InChI is InChI=1S/C22H26N6O4/c1-22(2,3)32-21(30)28-19(11-17(26-28)15-5-6-15)25-20(29)9-14-12-24-27(13-14)18-10-16(31-4)7-8-23-18/h7-8,10-13,15H,5-6,9H2,1-4H3,(H,25,29).